The number of hydrogen-bond acceptors (Lipinski definition) is 2. The minimum absolute atomic E-state index is 1.02. The largest absolute Gasteiger partial charge is 0.264 e. The van der Waals surface area contributed by atoms with E-state index in [9.17, 15) is 0 Å². The Morgan fingerprint density at radius 1 is 1.62 bits per heavy atom. The third-order valence-corrected chi connectivity index (χ3v) is 1.60. The van der Waals surface area contributed by atoms with Crippen LogP contribution in [0.1, 0.15) is 19.8 Å². The van der Waals surface area contributed by atoms with Crippen molar-refractivity contribution in [3.05, 3.63) is 6.92 Å². The molecule has 0 rings (SSSR count). The molecule has 8 heavy (non-hydrogen) atoms. The maximum Gasteiger partial charge on any atom is 0.00786 e. The molecule has 0 aliphatic carbocycles. The van der Waals surface area contributed by atoms with Gasteiger partial charge in [0.15, 0.2) is 0 Å². The van der Waals surface area contributed by atoms with E-state index in [4.69, 9.17) is 0 Å². The van der Waals surface area contributed by atoms with E-state index in [0.717, 1.165) is 18.7 Å². The van der Waals surface area contributed by atoms with Crippen LogP contribution in [0.15, 0.2) is 0 Å². The molecule has 0 aromatic carbocycles. The second kappa shape index (κ2) is 7.31. The molecular weight excluding hydrogens is 118 g/mol. The number of nitrogens with one attached hydrogen (secondary N) is 1. The van der Waals surface area contributed by atoms with Crippen LogP contribution in [-0.4, -0.2) is 12.3 Å². The first-order chi connectivity index (χ1) is 3.91. The average molecular weight is 132 g/mol. The third-order valence-electron chi connectivity index (χ3n) is 0.701. The third kappa shape index (κ3) is 6.31. The summed E-state index contributed by atoms with van der Waals surface area (Å²) in [5.74, 6) is 1.12. The molecular formula is C6H14NS. The van der Waals surface area contributed by atoms with Crippen LogP contribution >= 0.6 is 11.9 Å². The Morgan fingerprint density at radius 2 is 2.38 bits per heavy atom. The fourth-order valence-corrected chi connectivity index (χ4v) is 0.956. The Hall–Kier alpha value is 0.310. The van der Waals surface area contributed by atoms with E-state index in [1.54, 1.807) is 11.9 Å². The van der Waals surface area contributed by atoms with Gasteiger partial charge < -0.3 is 0 Å². The van der Waals surface area contributed by atoms with Crippen molar-refractivity contribution in [3.8, 4) is 0 Å². The van der Waals surface area contributed by atoms with Gasteiger partial charge in [0.05, 0.1) is 0 Å². The monoisotopic (exact) mass is 132 g/mol. The van der Waals surface area contributed by atoms with Crippen molar-refractivity contribution >= 4 is 11.9 Å². The van der Waals surface area contributed by atoms with Crippen LogP contribution in [-0.2, 0) is 0 Å². The highest BCUT2D eigenvalue weighted by atomic mass is 32.2. The summed E-state index contributed by atoms with van der Waals surface area (Å²) in [6.45, 7) is 7.00. The number of rotatable bonds is 5. The van der Waals surface area contributed by atoms with Gasteiger partial charge in [-0.15, -0.1) is 0 Å². The highest BCUT2D eigenvalue weighted by molar-refractivity contribution is 7.97. The van der Waals surface area contributed by atoms with Gasteiger partial charge in [0.2, 0.25) is 0 Å². The summed E-state index contributed by atoms with van der Waals surface area (Å²) >= 11 is 1.77. The summed E-state index contributed by atoms with van der Waals surface area (Å²) in [6, 6.07) is 0. The van der Waals surface area contributed by atoms with Gasteiger partial charge in [-0.3, -0.25) is 4.72 Å². The van der Waals surface area contributed by atoms with E-state index in [0.29, 0.717) is 0 Å². The van der Waals surface area contributed by atoms with Gasteiger partial charge >= 0.3 is 0 Å². The van der Waals surface area contributed by atoms with Crippen molar-refractivity contribution in [2.24, 2.45) is 0 Å². The van der Waals surface area contributed by atoms with E-state index in [1.807, 2.05) is 0 Å². The fourth-order valence-electron chi connectivity index (χ4n) is 0.319. The molecule has 0 saturated heterocycles. The SMILES string of the molecule is [CH2]CCSNCCC. The molecule has 0 spiro atoms. The van der Waals surface area contributed by atoms with Crippen LogP contribution < -0.4 is 4.72 Å². The molecule has 1 radical (unpaired) electrons. The molecule has 0 unspecified atom stereocenters. The lowest BCUT2D eigenvalue weighted by molar-refractivity contribution is 0.876. The summed E-state index contributed by atoms with van der Waals surface area (Å²) < 4.78 is 3.21. The molecule has 2 heteroatoms. The molecule has 0 bridgehead atoms. The van der Waals surface area contributed by atoms with Gasteiger partial charge in [-0.2, -0.15) is 0 Å². The van der Waals surface area contributed by atoms with E-state index >= 15 is 0 Å². The van der Waals surface area contributed by atoms with Crippen LogP contribution in [0, 0.1) is 6.92 Å². The quantitative estimate of drug-likeness (QED) is 0.452. The first-order valence-electron chi connectivity index (χ1n) is 3.05. The highest BCUT2D eigenvalue weighted by Gasteiger charge is 1.81. The summed E-state index contributed by atoms with van der Waals surface area (Å²) in [5, 5.41) is 0. The average Bonchev–Trinajstić information content (AvgIpc) is 1.81. The van der Waals surface area contributed by atoms with Gasteiger partial charge in [0.25, 0.3) is 0 Å². The van der Waals surface area contributed by atoms with Crippen molar-refractivity contribution in [1.29, 1.82) is 0 Å². The first kappa shape index (κ1) is 8.31. The maximum absolute atomic E-state index is 3.72. The molecule has 1 nitrogen and oxygen atoms in total. The molecule has 1 N–H and O–H groups in total. The second-order valence-electron chi connectivity index (χ2n) is 1.60. The second-order valence-corrected chi connectivity index (χ2v) is 2.58. The molecule has 0 heterocycles. The van der Waals surface area contributed by atoms with Crippen LogP contribution in [0.4, 0.5) is 0 Å². The number of hydrogen-bond donors (Lipinski definition) is 1. The Labute approximate surface area is 56.4 Å². The summed E-state index contributed by atoms with van der Waals surface area (Å²) in [7, 11) is 0. The lowest BCUT2D eigenvalue weighted by Gasteiger charge is -1.97. The fraction of sp³-hybridized carbons (Fsp3) is 0.833. The van der Waals surface area contributed by atoms with E-state index in [1.165, 1.54) is 6.42 Å². The molecule has 0 aliphatic rings. The summed E-state index contributed by atoms with van der Waals surface area (Å²) in [6.07, 6.45) is 2.23. The van der Waals surface area contributed by atoms with Crippen LogP contribution in [0.25, 0.3) is 0 Å². The van der Waals surface area contributed by atoms with Crippen molar-refractivity contribution < 1.29 is 0 Å². The molecule has 0 amide bonds. The lowest BCUT2D eigenvalue weighted by Crippen LogP contribution is -2.04. The standard InChI is InChI=1S/C6H14NS/c1-3-5-7-8-6-4-2/h7H,2-6H2,1H3. The van der Waals surface area contributed by atoms with Crippen LogP contribution in [0.3, 0.4) is 0 Å². The topological polar surface area (TPSA) is 12.0 Å². The zero-order chi connectivity index (χ0) is 6.24. The van der Waals surface area contributed by atoms with E-state index < -0.39 is 0 Å². The Morgan fingerprint density at radius 3 is 2.88 bits per heavy atom. The van der Waals surface area contributed by atoms with E-state index in [2.05, 4.69) is 18.6 Å². The van der Waals surface area contributed by atoms with Gasteiger partial charge in [0, 0.05) is 12.3 Å². The van der Waals surface area contributed by atoms with Gasteiger partial charge in [0.1, 0.15) is 0 Å². The van der Waals surface area contributed by atoms with Crippen LogP contribution in [0.2, 0.25) is 0 Å². The molecule has 0 aromatic rings. The van der Waals surface area contributed by atoms with Crippen LogP contribution in [0.5, 0.6) is 0 Å². The molecule has 0 saturated carbocycles. The van der Waals surface area contributed by atoms with Gasteiger partial charge in [-0.05, 0) is 12.8 Å². The molecule has 49 valence electrons. The Balaban J connectivity index is 2.53. The maximum atomic E-state index is 3.72. The lowest BCUT2D eigenvalue weighted by atomic mass is 10.5. The molecule has 0 aromatic heterocycles. The van der Waals surface area contributed by atoms with Crippen molar-refractivity contribution in [1.82, 2.24) is 4.72 Å². The first-order valence-corrected chi connectivity index (χ1v) is 4.04. The molecule has 0 atom stereocenters. The van der Waals surface area contributed by atoms with Gasteiger partial charge in [-0.25, -0.2) is 0 Å². The predicted molar refractivity (Wildman–Crippen MR) is 40.7 cm³/mol. The minimum Gasteiger partial charge on any atom is -0.264 e. The van der Waals surface area contributed by atoms with Crippen molar-refractivity contribution in [3.63, 3.8) is 0 Å². The normalized spacial score (nSPS) is 9.75. The predicted octanol–water partition coefficient (Wildman–Crippen LogP) is 1.86. The van der Waals surface area contributed by atoms with Crippen molar-refractivity contribution in [2.75, 3.05) is 12.3 Å². The van der Waals surface area contributed by atoms with E-state index in [-0.39, 0.29) is 0 Å². The molecule has 0 aliphatic heterocycles. The summed E-state index contributed by atoms with van der Waals surface area (Å²) in [5.41, 5.74) is 0. The van der Waals surface area contributed by atoms with Gasteiger partial charge in [-0.1, -0.05) is 25.8 Å². The Bertz CT molecular complexity index is 33.5. The zero-order valence-corrected chi connectivity index (χ0v) is 6.26. The minimum atomic E-state index is 1.02. The van der Waals surface area contributed by atoms with Crippen molar-refractivity contribution in [2.45, 2.75) is 19.8 Å². The Kier molecular flexibility index (Phi) is 7.59. The zero-order valence-electron chi connectivity index (χ0n) is 5.44. The summed E-state index contributed by atoms with van der Waals surface area (Å²) in [4.78, 5) is 0. The molecule has 0 fully saturated rings. The highest BCUT2D eigenvalue weighted by Crippen LogP contribution is 1.93. The smallest absolute Gasteiger partial charge is 0.00786 e.